The van der Waals surface area contributed by atoms with Crippen molar-refractivity contribution in [3.63, 3.8) is 0 Å². The molecule has 0 aromatic rings. The Morgan fingerprint density at radius 3 is 2.39 bits per heavy atom. The highest BCUT2D eigenvalue weighted by Gasteiger charge is 2.20. The van der Waals surface area contributed by atoms with E-state index in [1.165, 1.54) is 0 Å². The fraction of sp³-hybridized carbons (Fsp3) is 0.929. The third-order valence-electron chi connectivity index (χ3n) is 2.95. The van der Waals surface area contributed by atoms with Crippen LogP contribution in [0.15, 0.2) is 0 Å². The average molecular weight is 258 g/mol. The molecule has 0 aromatic heterocycles. The van der Waals surface area contributed by atoms with E-state index in [0.29, 0.717) is 5.92 Å². The molecule has 1 atom stereocenters. The Kier molecular flexibility index (Phi) is 8.20. The first-order chi connectivity index (χ1) is 8.28. The molecule has 0 aliphatic rings. The molecular weight excluding hydrogens is 228 g/mol. The second-order valence-corrected chi connectivity index (χ2v) is 6.15. The summed E-state index contributed by atoms with van der Waals surface area (Å²) in [5.41, 5.74) is 0.141. The molecule has 0 saturated heterocycles. The normalized spacial score (nSPS) is 13.7. The highest BCUT2D eigenvalue weighted by molar-refractivity contribution is 5.81. The molecule has 0 aliphatic heterocycles. The highest BCUT2D eigenvalue weighted by Crippen LogP contribution is 2.18. The van der Waals surface area contributed by atoms with E-state index < -0.39 is 0 Å². The molecule has 0 heterocycles. The molecule has 0 fully saturated rings. The Balaban J connectivity index is 3.93. The predicted molar refractivity (Wildman–Crippen MR) is 75.6 cm³/mol. The summed E-state index contributed by atoms with van der Waals surface area (Å²) in [7, 11) is 1.71. The van der Waals surface area contributed by atoms with Gasteiger partial charge in [-0.1, -0.05) is 27.7 Å². The molecule has 0 radical (unpaired) electrons. The summed E-state index contributed by atoms with van der Waals surface area (Å²) in [4.78, 5) is 11.8. The summed E-state index contributed by atoms with van der Waals surface area (Å²) in [6.45, 7) is 12.7. The van der Waals surface area contributed by atoms with Crippen molar-refractivity contribution in [2.45, 2.75) is 47.1 Å². The van der Waals surface area contributed by atoms with E-state index in [0.717, 1.165) is 26.1 Å². The van der Waals surface area contributed by atoms with Gasteiger partial charge in [-0.25, -0.2) is 0 Å². The third-order valence-corrected chi connectivity index (χ3v) is 2.95. The highest BCUT2D eigenvalue weighted by atomic mass is 16.5. The van der Waals surface area contributed by atoms with Gasteiger partial charge in [0.15, 0.2) is 0 Å². The van der Waals surface area contributed by atoms with Crippen molar-refractivity contribution in [1.82, 2.24) is 10.6 Å². The van der Waals surface area contributed by atoms with Gasteiger partial charge in [-0.15, -0.1) is 0 Å². The van der Waals surface area contributed by atoms with Gasteiger partial charge in [0, 0.05) is 26.8 Å². The van der Waals surface area contributed by atoms with Gasteiger partial charge >= 0.3 is 0 Å². The maximum atomic E-state index is 11.8. The number of rotatable bonds is 9. The Morgan fingerprint density at radius 2 is 1.89 bits per heavy atom. The van der Waals surface area contributed by atoms with Crippen molar-refractivity contribution in [2.75, 3.05) is 26.8 Å². The maximum absolute atomic E-state index is 11.8. The molecule has 0 bridgehead atoms. The number of carbonyl (C=O) groups is 1. The van der Waals surface area contributed by atoms with Gasteiger partial charge in [-0.2, -0.15) is 0 Å². The number of amides is 1. The second kappa shape index (κ2) is 8.48. The molecule has 1 unspecified atom stereocenters. The second-order valence-electron chi connectivity index (χ2n) is 6.15. The smallest absolute Gasteiger partial charge is 0.236 e. The van der Waals surface area contributed by atoms with Crippen LogP contribution < -0.4 is 10.6 Å². The molecule has 108 valence electrons. The first-order valence-corrected chi connectivity index (χ1v) is 6.78. The molecular formula is C14H30N2O2. The van der Waals surface area contributed by atoms with Crippen LogP contribution in [0.3, 0.4) is 0 Å². The van der Waals surface area contributed by atoms with E-state index in [2.05, 4.69) is 38.3 Å². The van der Waals surface area contributed by atoms with E-state index >= 15 is 0 Å². The lowest BCUT2D eigenvalue weighted by molar-refractivity contribution is -0.123. The first kappa shape index (κ1) is 17.4. The van der Waals surface area contributed by atoms with Gasteiger partial charge in [0.1, 0.15) is 0 Å². The first-order valence-electron chi connectivity index (χ1n) is 6.78. The zero-order valence-electron chi connectivity index (χ0n) is 12.8. The molecule has 0 spiro atoms. The zero-order chi connectivity index (χ0) is 14.2. The van der Waals surface area contributed by atoms with E-state index in [9.17, 15) is 4.79 Å². The fourth-order valence-corrected chi connectivity index (χ4v) is 1.45. The van der Waals surface area contributed by atoms with E-state index in [-0.39, 0.29) is 17.4 Å². The molecule has 2 N–H and O–H groups in total. The van der Waals surface area contributed by atoms with Gasteiger partial charge in [-0.3, -0.25) is 4.79 Å². The summed E-state index contributed by atoms with van der Waals surface area (Å²) >= 11 is 0. The third kappa shape index (κ3) is 8.48. The Morgan fingerprint density at radius 1 is 1.28 bits per heavy atom. The van der Waals surface area contributed by atoms with Crippen LogP contribution in [0, 0.1) is 11.3 Å². The minimum Gasteiger partial charge on any atom is -0.385 e. The quantitative estimate of drug-likeness (QED) is 0.663. The van der Waals surface area contributed by atoms with Gasteiger partial charge in [-0.05, 0) is 24.7 Å². The number of methoxy groups -OCH3 is 1. The Bertz CT molecular complexity index is 240. The van der Waals surface area contributed by atoms with Crippen LogP contribution in [0.2, 0.25) is 0 Å². The van der Waals surface area contributed by atoms with Crippen LogP contribution in [0.5, 0.6) is 0 Å². The van der Waals surface area contributed by atoms with E-state index in [4.69, 9.17) is 4.74 Å². The number of hydrogen-bond donors (Lipinski definition) is 2. The van der Waals surface area contributed by atoms with Crippen LogP contribution >= 0.6 is 0 Å². The molecule has 4 nitrogen and oxygen atoms in total. The van der Waals surface area contributed by atoms with Gasteiger partial charge in [0.2, 0.25) is 5.91 Å². The van der Waals surface area contributed by atoms with Crippen LogP contribution in [0.25, 0.3) is 0 Å². The number of hydrogen-bond acceptors (Lipinski definition) is 3. The molecule has 0 aromatic carbocycles. The molecule has 4 heteroatoms. The molecule has 0 saturated carbocycles. The van der Waals surface area contributed by atoms with Crippen molar-refractivity contribution in [2.24, 2.45) is 11.3 Å². The van der Waals surface area contributed by atoms with Crippen molar-refractivity contribution >= 4 is 5.91 Å². The van der Waals surface area contributed by atoms with E-state index in [1.54, 1.807) is 7.11 Å². The summed E-state index contributed by atoms with van der Waals surface area (Å²) in [5.74, 6) is 0.561. The Hall–Kier alpha value is -0.610. The Labute approximate surface area is 112 Å². The minimum atomic E-state index is -0.148. The lowest BCUT2D eigenvalue weighted by Crippen LogP contribution is -2.46. The maximum Gasteiger partial charge on any atom is 0.236 e. The van der Waals surface area contributed by atoms with Gasteiger partial charge in [0.05, 0.1) is 6.04 Å². The topological polar surface area (TPSA) is 50.4 Å². The van der Waals surface area contributed by atoms with Crippen LogP contribution in [0.1, 0.15) is 41.0 Å². The van der Waals surface area contributed by atoms with Crippen LogP contribution in [0.4, 0.5) is 0 Å². The monoisotopic (exact) mass is 258 g/mol. The molecule has 18 heavy (non-hydrogen) atoms. The lowest BCUT2D eigenvalue weighted by atomic mass is 9.89. The summed E-state index contributed by atoms with van der Waals surface area (Å²) < 4.78 is 5.09. The SMILES string of the molecule is COCCC(C)(C)CNC(C)C(=O)NCC(C)C. The summed E-state index contributed by atoms with van der Waals surface area (Å²) in [6, 6.07) is -0.148. The zero-order valence-corrected chi connectivity index (χ0v) is 12.8. The van der Waals surface area contributed by atoms with Crippen LogP contribution in [-0.2, 0) is 9.53 Å². The average Bonchev–Trinajstić information content (AvgIpc) is 2.30. The number of ether oxygens (including phenoxy) is 1. The standard InChI is InChI=1S/C14H30N2O2/c1-11(2)9-15-13(17)12(3)16-10-14(4,5)7-8-18-6/h11-12,16H,7-10H2,1-6H3,(H,15,17). The molecule has 0 aliphatic carbocycles. The van der Waals surface area contributed by atoms with Crippen molar-refractivity contribution < 1.29 is 9.53 Å². The molecule has 0 rings (SSSR count). The van der Waals surface area contributed by atoms with Gasteiger partial charge in [0.25, 0.3) is 0 Å². The number of carbonyl (C=O) groups excluding carboxylic acids is 1. The van der Waals surface area contributed by atoms with E-state index in [1.807, 2.05) is 6.92 Å². The van der Waals surface area contributed by atoms with Crippen molar-refractivity contribution in [3.05, 3.63) is 0 Å². The minimum absolute atomic E-state index is 0.0752. The lowest BCUT2D eigenvalue weighted by Gasteiger charge is -2.26. The fourth-order valence-electron chi connectivity index (χ4n) is 1.45. The van der Waals surface area contributed by atoms with Gasteiger partial charge < -0.3 is 15.4 Å². The van der Waals surface area contributed by atoms with Crippen LogP contribution in [-0.4, -0.2) is 38.8 Å². The van der Waals surface area contributed by atoms with Crippen molar-refractivity contribution in [1.29, 1.82) is 0 Å². The summed E-state index contributed by atoms with van der Waals surface area (Å²) in [6.07, 6.45) is 0.983. The molecule has 1 amide bonds. The number of nitrogens with one attached hydrogen (secondary N) is 2. The van der Waals surface area contributed by atoms with Crippen molar-refractivity contribution in [3.8, 4) is 0 Å². The predicted octanol–water partition coefficient (Wildman–Crippen LogP) is 1.80. The summed E-state index contributed by atoms with van der Waals surface area (Å²) in [5, 5.41) is 6.22. The largest absolute Gasteiger partial charge is 0.385 e.